The molecule has 0 aliphatic heterocycles. The minimum atomic E-state index is 0.715. The molecule has 0 saturated carbocycles. The summed E-state index contributed by atoms with van der Waals surface area (Å²) in [5.41, 5.74) is 4.62. The molecule has 27 heavy (non-hydrogen) atoms. The summed E-state index contributed by atoms with van der Waals surface area (Å²) in [4.78, 5) is 4.76. The first-order chi connectivity index (χ1) is 13.2. The van der Waals surface area contributed by atoms with Gasteiger partial charge in [-0.1, -0.05) is 24.3 Å². The van der Waals surface area contributed by atoms with Crippen molar-refractivity contribution >= 4 is 11.0 Å². The molecule has 4 aromatic rings. The van der Waals surface area contributed by atoms with Gasteiger partial charge >= 0.3 is 0 Å². The summed E-state index contributed by atoms with van der Waals surface area (Å²) in [6.07, 6.45) is 3.69. The van der Waals surface area contributed by atoms with Crippen molar-refractivity contribution < 1.29 is 9.15 Å². The van der Waals surface area contributed by atoms with Gasteiger partial charge in [-0.15, -0.1) is 0 Å². The lowest BCUT2D eigenvalue weighted by Gasteiger charge is -2.11. The fraction of sp³-hybridized carbons (Fsp3) is 0.261. The molecule has 0 aliphatic carbocycles. The third-order valence-electron chi connectivity index (χ3n) is 4.98. The van der Waals surface area contributed by atoms with Crippen molar-refractivity contribution in [2.75, 3.05) is 6.61 Å². The maximum absolute atomic E-state index is 5.98. The van der Waals surface area contributed by atoms with E-state index in [0.29, 0.717) is 6.61 Å². The molecule has 0 amide bonds. The summed E-state index contributed by atoms with van der Waals surface area (Å²) in [5, 5.41) is 0. The predicted octanol–water partition coefficient (Wildman–Crippen LogP) is 5.77. The highest BCUT2D eigenvalue weighted by molar-refractivity contribution is 5.79. The zero-order valence-corrected chi connectivity index (χ0v) is 15.8. The second-order valence-corrected chi connectivity index (χ2v) is 6.81. The van der Waals surface area contributed by atoms with Gasteiger partial charge in [-0.2, -0.15) is 0 Å². The van der Waals surface area contributed by atoms with Gasteiger partial charge in [0.2, 0.25) is 0 Å². The molecule has 0 aliphatic rings. The van der Waals surface area contributed by atoms with Crippen molar-refractivity contribution in [2.45, 2.75) is 33.2 Å². The minimum absolute atomic E-state index is 0.715. The number of benzene rings is 2. The number of ether oxygens (including phenoxy) is 1. The van der Waals surface area contributed by atoms with Crippen LogP contribution in [-0.4, -0.2) is 16.2 Å². The van der Waals surface area contributed by atoms with Crippen LogP contribution in [0, 0.1) is 13.8 Å². The molecule has 2 heterocycles. The molecular weight excluding hydrogens is 336 g/mol. The SMILES string of the molecule is Cc1cccc(OCCCCn2c(-c3ccco3)nc3ccccc32)c1C. The standard InChI is InChI=1S/C23H24N2O2/c1-17-9-7-12-21(18(17)2)26-15-6-5-14-25-20-11-4-3-10-19(20)24-23(25)22-13-8-16-27-22/h3-4,7-13,16H,5-6,14-15H2,1-2H3. The molecular formula is C23H24N2O2. The first-order valence-corrected chi connectivity index (χ1v) is 9.42. The highest BCUT2D eigenvalue weighted by Crippen LogP contribution is 2.26. The molecule has 0 atom stereocenters. The third-order valence-corrected chi connectivity index (χ3v) is 4.98. The first kappa shape index (κ1) is 17.4. The molecule has 0 saturated heterocycles. The summed E-state index contributed by atoms with van der Waals surface area (Å²) >= 11 is 0. The lowest BCUT2D eigenvalue weighted by Crippen LogP contribution is -2.04. The first-order valence-electron chi connectivity index (χ1n) is 9.42. The number of hydrogen-bond donors (Lipinski definition) is 0. The number of aryl methyl sites for hydroxylation is 2. The Morgan fingerprint density at radius 3 is 2.70 bits per heavy atom. The third kappa shape index (κ3) is 3.61. The Labute approximate surface area is 159 Å². The summed E-state index contributed by atoms with van der Waals surface area (Å²) in [6.45, 7) is 5.82. The molecule has 2 aromatic carbocycles. The van der Waals surface area contributed by atoms with E-state index in [9.17, 15) is 0 Å². The monoisotopic (exact) mass is 360 g/mol. The van der Waals surface area contributed by atoms with Crippen LogP contribution < -0.4 is 4.74 Å². The van der Waals surface area contributed by atoms with Gasteiger partial charge in [-0.25, -0.2) is 4.98 Å². The van der Waals surface area contributed by atoms with Gasteiger partial charge in [0.15, 0.2) is 11.6 Å². The van der Waals surface area contributed by atoms with Gasteiger partial charge in [0.25, 0.3) is 0 Å². The summed E-state index contributed by atoms with van der Waals surface area (Å²) in [6, 6.07) is 18.3. The Morgan fingerprint density at radius 2 is 1.85 bits per heavy atom. The lowest BCUT2D eigenvalue weighted by molar-refractivity contribution is 0.301. The van der Waals surface area contributed by atoms with Crippen LogP contribution in [0.25, 0.3) is 22.6 Å². The van der Waals surface area contributed by atoms with Crippen LogP contribution in [0.15, 0.2) is 65.3 Å². The summed E-state index contributed by atoms with van der Waals surface area (Å²) in [5.74, 6) is 2.67. The Bertz CT molecular complexity index is 1030. The number of unbranched alkanes of at least 4 members (excludes halogenated alkanes) is 1. The maximum atomic E-state index is 5.98. The number of rotatable bonds is 7. The number of para-hydroxylation sites is 2. The Kier molecular flexibility index (Phi) is 4.97. The topological polar surface area (TPSA) is 40.2 Å². The Balaban J connectivity index is 1.43. The highest BCUT2D eigenvalue weighted by atomic mass is 16.5. The molecule has 0 bridgehead atoms. The van der Waals surface area contributed by atoms with E-state index in [4.69, 9.17) is 14.1 Å². The molecule has 138 valence electrons. The van der Waals surface area contributed by atoms with Crippen molar-refractivity contribution in [1.29, 1.82) is 0 Å². The Morgan fingerprint density at radius 1 is 0.963 bits per heavy atom. The molecule has 0 N–H and O–H groups in total. The molecule has 4 rings (SSSR count). The van der Waals surface area contributed by atoms with Crippen LogP contribution in [-0.2, 0) is 6.54 Å². The maximum Gasteiger partial charge on any atom is 0.177 e. The number of hydrogen-bond acceptors (Lipinski definition) is 3. The number of fused-ring (bicyclic) bond motifs is 1. The number of nitrogens with zero attached hydrogens (tertiary/aromatic N) is 2. The Hall–Kier alpha value is -3.01. The van der Waals surface area contributed by atoms with Crippen molar-refractivity contribution in [2.24, 2.45) is 0 Å². The molecule has 4 nitrogen and oxygen atoms in total. The van der Waals surface area contributed by atoms with Crippen molar-refractivity contribution in [3.63, 3.8) is 0 Å². The number of aromatic nitrogens is 2. The summed E-state index contributed by atoms with van der Waals surface area (Å²) < 4.78 is 13.8. The van der Waals surface area contributed by atoms with E-state index in [2.05, 4.69) is 36.6 Å². The van der Waals surface area contributed by atoms with Crippen LogP contribution in [0.2, 0.25) is 0 Å². The van der Waals surface area contributed by atoms with Crippen LogP contribution in [0.4, 0.5) is 0 Å². The van der Waals surface area contributed by atoms with E-state index in [0.717, 1.165) is 47.8 Å². The quantitative estimate of drug-likeness (QED) is 0.393. The molecule has 0 fully saturated rings. The average molecular weight is 360 g/mol. The van der Waals surface area contributed by atoms with Gasteiger partial charge in [-0.3, -0.25) is 0 Å². The van der Waals surface area contributed by atoms with Gasteiger partial charge in [0.1, 0.15) is 5.75 Å². The summed E-state index contributed by atoms with van der Waals surface area (Å²) in [7, 11) is 0. The van der Waals surface area contributed by atoms with E-state index >= 15 is 0 Å². The second kappa shape index (κ2) is 7.70. The van der Waals surface area contributed by atoms with Gasteiger partial charge in [-0.05, 0) is 68.1 Å². The minimum Gasteiger partial charge on any atom is -0.493 e. The fourth-order valence-electron chi connectivity index (χ4n) is 3.33. The van der Waals surface area contributed by atoms with Crippen LogP contribution in [0.1, 0.15) is 24.0 Å². The highest BCUT2D eigenvalue weighted by Gasteiger charge is 2.14. The van der Waals surface area contributed by atoms with E-state index in [1.807, 2.05) is 36.4 Å². The largest absolute Gasteiger partial charge is 0.493 e. The molecule has 2 aromatic heterocycles. The van der Waals surface area contributed by atoms with E-state index in [1.54, 1.807) is 6.26 Å². The second-order valence-electron chi connectivity index (χ2n) is 6.81. The van der Waals surface area contributed by atoms with E-state index < -0.39 is 0 Å². The zero-order chi connectivity index (χ0) is 18.6. The molecule has 0 unspecified atom stereocenters. The molecule has 0 spiro atoms. The number of imidazole rings is 1. The predicted molar refractivity (Wildman–Crippen MR) is 108 cm³/mol. The zero-order valence-electron chi connectivity index (χ0n) is 15.8. The van der Waals surface area contributed by atoms with Gasteiger partial charge < -0.3 is 13.7 Å². The fourth-order valence-corrected chi connectivity index (χ4v) is 3.33. The van der Waals surface area contributed by atoms with Crippen molar-refractivity contribution in [3.8, 4) is 17.3 Å². The van der Waals surface area contributed by atoms with E-state index in [-0.39, 0.29) is 0 Å². The molecule has 4 heteroatoms. The van der Waals surface area contributed by atoms with Gasteiger partial charge in [0, 0.05) is 6.54 Å². The smallest absolute Gasteiger partial charge is 0.177 e. The van der Waals surface area contributed by atoms with Crippen molar-refractivity contribution in [3.05, 3.63) is 72.0 Å². The van der Waals surface area contributed by atoms with Gasteiger partial charge in [0.05, 0.1) is 23.9 Å². The molecule has 0 radical (unpaired) electrons. The van der Waals surface area contributed by atoms with Crippen LogP contribution >= 0.6 is 0 Å². The normalized spacial score (nSPS) is 11.2. The van der Waals surface area contributed by atoms with E-state index in [1.165, 1.54) is 11.1 Å². The lowest BCUT2D eigenvalue weighted by atomic mass is 10.1. The van der Waals surface area contributed by atoms with Crippen LogP contribution in [0.3, 0.4) is 0 Å². The van der Waals surface area contributed by atoms with Crippen LogP contribution in [0.5, 0.6) is 5.75 Å². The average Bonchev–Trinajstić information content (AvgIpc) is 3.32. The number of furan rings is 1. The van der Waals surface area contributed by atoms with Crippen molar-refractivity contribution in [1.82, 2.24) is 9.55 Å².